The standard InChI is InChI=1S/C21H32O6/c1-19(2,11-24-17(22)20(3)7-5-13-15(9-20)26-13)12-25-18(23)21(4)8-6-14-16(10-21)27-14/h13-16H,5-12H2,1-4H3. The molecule has 0 bridgehead atoms. The van der Waals surface area contributed by atoms with E-state index in [1.807, 2.05) is 27.7 Å². The summed E-state index contributed by atoms with van der Waals surface area (Å²) in [4.78, 5) is 25.2. The minimum absolute atomic E-state index is 0.160. The quantitative estimate of drug-likeness (QED) is 0.521. The van der Waals surface area contributed by atoms with Crippen molar-refractivity contribution in [2.45, 2.75) is 90.6 Å². The molecule has 0 N–H and O–H groups in total. The zero-order valence-electron chi connectivity index (χ0n) is 16.9. The normalized spacial score (nSPS) is 42.5. The van der Waals surface area contributed by atoms with Crippen LogP contribution in [-0.4, -0.2) is 49.6 Å². The van der Waals surface area contributed by atoms with Crippen LogP contribution in [0.2, 0.25) is 0 Å². The van der Waals surface area contributed by atoms with Crippen molar-refractivity contribution in [2.24, 2.45) is 16.2 Å². The first kappa shape index (κ1) is 19.2. The van der Waals surface area contributed by atoms with Crippen molar-refractivity contribution in [1.29, 1.82) is 0 Å². The fourth-order valence-corrected chi connectivity index (χ4v) is 4.52. The molecule has 2 aliphatic carbocycles. The second kappa shape index (κ2) is 6.45. The molecule has 0 spiro atoms. The minimum Gasteiger partial charge on any atom is -0.465 e. The summed E-state index contributed by atoms with van der Waals surface area (Å²) in [6.45, 7) is 8.34. The van der Waals surface area contributed by atoms with Crippen LogP contribution in [0.1, 0.15) is 66.2 Å². The predicted molar refractivity (Wildman–Crippen MR) is 96.9 cm³/mol. The van der Waals surface area contributed by atoms with Crippen LogP contribution in [0, 0.1) is 16.2 Å². The third-order valence-corrected chi connectivity index (χ3v) is 6.81. The van der Waals surface area contributed by atoms with Crippen LogP contribution in [0.25, 0.3) is 0 Å². The second-order valence-corrected chi connectivity index (χ2v) is 10.3. The summed E-state index contributed by atoms with van der Waals surface area (Å²) < 4.78 is 22.3. The van der Waals surface area contributed by atoms with Gasteiger partial charge in [-0.3, -0.25) is 9.59 Å². The van der Waals surface area contributed by atoms with Gasteiger partial charge in [0.25, 0.3) is 0 Å². The van der Waals surface area contributed by atoms with Crippen LogP contribution in [-0.2, 0) is 28.5 Å². The maximum absolute atomic E-state index is 12.6. The lowest BCUT2D eigenvalue weighted by atomic mass is 9.75. The third-order valence-electron chi connectivity index (χ3n) is 6.81. The fraction of sp³-hybridized carbons (Fsp3) is 0.905. The maximum atomic E-state index is 12.6. The first-order valence-corrected chi connectivity index (χ1v) is 10.3. The summed E-state index contributed by atoms with van der Waals surface area (Å²) in [5, 5.41) is 0. The Labute approximate surface area is 161 Å². The van der Waals surface area contributed by atoms with Crippen LogP contribution < -0.4 is 0 Å². The molecule has 6 nitrogen and oxygen atoms in total. The van der Waals surface area contributed by atoms with E-state index in [9.17, 15) is 9.59 Å². The second-order valence-electron chi connectivity index (χ2n) is 10.3. The number of hydrogen-bond acceptors (Lipinski definition) is 6. The lowest BCUT2D eigenvalue weighted by molar-refractivity contribution is -0.166. The molecule has 2 saturated carbocycles. The fourth-order valence-electron chi connectivity index (χ4n) is 4.52. The van der Waals surface area contributed by atoms with Crippen molar-refractivity contribution < 1.29 is 28.5 Å². The predicted octanol–water partition coefficient (Wildman–Crippen LogP) is 3.01. The van der Waals surface area contributed by atoms with Gasteiger partial charge >= 0.3 is 11.9 Å². The number of fused-ring (bicyclic) bond motifs is 2. The summed E-state index contributed by atoms with van der Waals surface area (Å²) in [6.07, 6.45) is 6.16. The van der Waals surface area contributed by atoms with Gasteiger partial charge in [0.2, 0.25) is 0 Å². The number of carbonyl (C=O) groups is 2. The van der Waals surface area contributed by atoms with Crippen molar-refractivity contribution in [1.82, 2.24) is 0 Å². The number of carbonyl (C=O) groups excluding carboxylic acids is 2. The van der Waals surface area contributed by atoms with Crippen molar-refractivity contribution in [2.75, 3.05) is 13.2 Å². The molecule has 4 aliphatic rings. The molecule has 2 aliphatic heterocycles. The van der Waals surface area contributed by atoms with Crippen molar-refractivity contribution in [3.8, 4) is 0 Å². The molecule has 6 heteroatoms. The third kappa shape index (κ3) is 4.02. The summed E-state index contributed by atoms with van der Waals surface area (Å²) in [5.74, 6) is -0.320. The Morgan fingerprint density at radius 1 is 0.852 bits per heavy atom. The molecule has 27 heavy (non-hydrogen) atoms. The molecular formula is C21H32O6. The van der Waals surface area contributed by atoms with E-state index in [1.54, 1.807) is 0 Å². The Kier molecular flexibility index (Phi) is 4.58. The van der Waals surface area contributed by atoms with Crippen LogP contribution in [0.15, 0.2) is 0 Å². The van der Waals surface area contributed by atoms with Gasteiger partial charge in [-0.05, 0) is 52.4 Å². The lowest BCUT2D eigenvalue weighted by Gasteiger charge is -2.33. The zero-order valence-corrected chi connectivity index (χ0v) is 16.9. The van der Waals surface area contributed by atoms with Crippen LogP contribution >= 0.6 is 0 Å². The first-order chi connectivity index (χ1) is 12.6. The average Bonchev–Trinajstić information content (AvgIpc) is 3.51. The van der Waals surface area contributed by atoms with Gasteiger partial charge in [-0.25, -0.2) is 0 Å². The zero-order chi connectivity index (χ0) is 19.4. The number of ether oxygens (including phenoxy) is 4. The molecule has 6 atom stereocenters. The van der Waals surface area contributed by atoms with Gasteiger partial charge in [-0.1, -0.05) is 13.8 Å². The Balaban J connectivity index is 1.23. The molecule has 0 radical (unpaired) electrons. The smallest absolute Gasteiger partial charge is 0.311 e. The summed E-state index contributed by atoms with van der Waals surface area (Å²) in [7, 11) is 0. The van der Waals surface area contributed by atoms with E-state index in [1.165, 1.54) is 0 Å². The lowest BCUT2D eigenvalue weighted by Crippen LogP contribution is -2.39. The van der Waals surface area contributed by atoms with Gasteiger partial charge in [-0.2, -0.15) is 0 Å². The summed E-state index contributed by atoms with van der Waals surface area (Å²) in [6, 6.07) is 0. The summed E-state index contributed by atoms with van der Waals surface area (Å²) >= 11 is 0. The van der Waals surface area contributed by atoms with E-state index in [0.29, 0.717) is 12.2 Å². The molecule has 6 unspecified atom stereocenters. The molecule has 2 saturated heterocycles. The van der Waals surface area contributed by atoms with Crippen LogP contribution in [0.3, 0.4) is 0 Å². The van der Waals surface area contributed by atoms with Crippen molar-refractivity contribution in [3.63, 3.8) is 0 Å². The van der Waals surface area contributed by atoms with Crippen molar-refractivity contribution >= 4 is 11.9 Å². The van der Waals surface area contributed by atoms with E-state index >= 15 is 0 Å². The Morgan fingerprint density at radius 2 is 1.26 bits per heavy atom. The minimum atomic E-state index is -0.458. The first-order valence-electron chi connectivity index (χ1n) is 10.3. The Bertz CT molecular complexity index is 578. The van der Waals surface area contributed by atoms with Gasteiger partial charge in [0, 0.05) is 5.41 Å². The Hall–Kier alpha value is -1.14. The van der Waals surface area contributed by atoms with Gasteiger partial charge < -0.3 is 18.9 Å². The highest BCUT2D eigenvalue weighted by molar-refractivity contribution is 5.77. The van der Waals surface area contributed by atoms with Gasteiger partial charge in [0.15, 0.2) is 0 Å². The molecule has 0 aromatic carbocycles. The molecular weight excluding hydrogens is 348 g/mol. The van der Waals surface area contributed by atoms with Gasteiger partial charge in [0.05, 0.1) is 48.5 Å². The topological polar surface area (TPSA) is 77.7 Å². The SMILES string of the molecule is CC(C)(COC(=O)C1(C)CCC2OC2C1)COC(=O)C1(C)CCC2OC2C1. The monoisotopic (exact) mass is 380 g/mol. The van der Waals surface area contributed by atoms with Gasteiger partial charge in [-0.15, -0.1) is 0 Å². The molecule has 4 rings (SSSR count). The number of esters is 2. The van der Waals surface area contributed by atoms with E-state index in [-0.39, 0.29) is 37.4 Å². The van der Waals surface area contributed by atoms with E-state index in [4.69, 9.17) is 18.9 Å². The summed E-state index contributed by atoms with van der Waals surface area (Å²) in [5.41, 5.74) is -1.33. The van der Waals surface area contributed by atoms with Crippen LogP contribution in [0.5, 0.6) is 0 Å². The molecule has 0 aromatic heterocycles. The van der Waals surface area contributed by atoms with E-state index in [0.717, 1.165) is 38.5 Å². The molecule has 152 valence electrons. The highest BCUT2D eigenvalue weighted by Crippen LogP contribution is 2.48. The number of hydrogen-bond donors (Lipinski definition) is 0. The number of rotatable bonds is 6. The number of epoxide rings is 2. The van der Waals surface area contributed by atoms with E-state index < -0.39 is 16.2 Å². The molecule has 0 amide bonds. The molecule has 4 fully saturated rings. The molecule has 0 aromatic rings. The van der Waals surface area contributed by atoms with Crippen molar-refractivity contribution in [3.05, 3.63) is 0 Å². The Morgan fingerprint density at radius 3 is 1.63 bits per heavy atom. The highest BCUT2D eigenvalue weighted by atomic mass is 16.6. The molecule has 2 heterocycles. The average molecular weight is 380 g/mol. The van der Waals surface area contributed by atoms with E-state index in [2.05, 4.69) is 0 Å². The van der Waals surface area contributed by atoms with Crippen LogP contribution in [0.4, 0.5) is 0 Å². The van der Waals surface area contributed by atoms with Gasteiger partial charge in [0.1, 0.15) is 0 Å². The largest absolute Gasteiger partial charge is 0.465 e. The maximum Gasteiger partial charge on any atom is 0.311 e. The highest BCUT2D eigenvalue weighted by Gasteiger charge is 2.53.